The lowest BCUT2D eigenvalue weighted by molar-refractivity contribution is -0.123. The zero-order chi connectivity index (χ0) is 24.6. The van der Waals surface area contributed by atoms with Gasteiger partial charge in [0.05, 0.1) is 0 Å². The van der Waals surface area contributed by atoms with Gasteiger partial charge in [-0.3, -0.25) is 4.79 Å². The fourth-order valence-electron chi connectivity index (χ4n) is 4.04. The molecule has 3 rings (SSSR count). The summed E-state index contributed by atoms with van der Waals surface area (Å²) in [6, 6.07) is 11.5. The highest BCUT2D eigenvalue weighted by molar-refractivity contribution is 5.80. The molecule has 0 fully saturated rings. The number of aryl methyl sites for hydroxylation is 1. The van der Waals surface area contributed by atoms with Gasteiger partial charge in [0.1, 0.15) is 29.1 Å². The van der Waals surface area contributed by atoms with E-state index < -0.39 is 0 Å². The van der Waals surface area contributed by atoms with E-state index in [2.05, 4.69) is 37.9 Å². The minimum Gasteiger partial charge on any atom is -0.505 e. The molecular formula is C28H39N3O3. The van der Waals surface area contributed by atoms with Crippen molar-refractivity contribution in [2.24, 2.45) is 0 Å². The molecule has 0 radical (unpaired) electrons. The van der Waals surface area contributed by atoms with E-state index in [0.29, 0.717) is 25.1 Å². The van der Waals surface area contributed by atoms with Gasteiger partial charge < -0.3 is 9.84 Å². The largest absolute Gasteiger partial charge is 0.505 e. The first-order valence-electron chi connectivity index (χ1n) is 12.6. The fraction of sp³-hybridized carbons (Fsp3) is 0.536. The number of carbonyl (C=O) groups excluding carboxylic acids is 1. The molecule has 1 heterocycles. The summed E-state index contributed by atoms with van der Waals surface area (Å²) in [6.07, 6.45) is 8.22. The molecule has 0 atom stereocenters. The maximum atomic E-state index is 12.4. The molecule has 6 heteroatoms. The average molecular weight is 466 g/mol. The molecular weight excluding hydrogens is 426 g/mol. The second-order valence-corrected chi connectivity index (χ2v) is 10.1. The van der Waals surface area contributed by atoms with E-state index in [9.17, 15) is 9.90 Å². The number of fused-ring (bicyclic) bond motifs is 1. The van der Waals surface area contributed by atoms with Crippen LogP contribution in [-0.4, -0.2) is 39.1 Å². The minimum atomic E-state index is -0.272. The highest BCUT2D eigenvalue weighted by Gasteiger charge is 2.23. The lowest BCUT2D eigenvalue weighted by Crippen LogP contribution is -2.15. The maximum Gasteiger partial charge on any atom is 0.158 e. The predicted molar refractivity (Wildman–Crippen MR) is 137 cm³/mol. The van der Waals surface area contributed by atoms with Crippen molar-refractivity contribution in [3.63, 3.8) is 0 Å². The van der Waals surface area contributed by atoms with Crippen molar-refractivity contribution in [2.75, 3.05) is 13.2 Å². The summed E-state index contributed by atoms with van der Waals surface area (Å²) < 4.78 is 5.60. The van der Waals surface area contributed by atoms with Gasteiger partial charge in [0, 0.05) is 18.6 Å². The van der Waals surface area contributed by atoms with Crippen molar-refractivity contribution < 1.29 is 14.6 Å². The van der Waals surface area contributed by atoms with Gasteiger partial charge in [-0.05, 0) is 42.0 Å². The van der Waals surface area contributed by atoms with Crippen LogP contribution >= 0.6 is 0 Å². The first kappa shape index (κ1) is 25.9. The molecule has 0 aliphatic heterocycles. The molecule has 0 bridgehead atoms. The van der Waals surface area contributed by atoms with Gasteiger partial charge in [-0.2, -0.15) is 0 Å². The van der Waals surface area contributed by atoms with Gasteiger partial charge in [0.25, 0.3) is 0 Å². The molecule has 0 spiro atoms. The number of benzene rings is 2. The normalized spacial score (nSPS) is 11.9. The zero-order valence-corrected chi connectivity index (χ0v) is 21.1. The Morgan fingerprint density at radius 3 is 2.29 bits per heavy atom. The van der Waals surface area contributed by atoms with Crippen LogP contribution in [0.1, 0.15) is 83.8 Å². The van der Waals surface area contributed by atoms with Crippen molar-refractivity contribution in [3.8, 4) is 11.4 Å². The van der Waals surface area contributed by atoms with E-state index >= 15 is 0 Å². The lowest BCUT2D eigenvalue weighted by atomic mass is 9.84. The number of hydrogen-bond donors (Lipinski definition) is 1. The molecule has 1 aromatic heterocycles. The molecule has 0 aliphatic carbocycles. The third-order valence-electron chi connectivity index (χ3n) is 6.06. The number of unbranched alkanes of at least 4 members (excludes halogenated alkanes) is 5. The second kappa shape index (κ2) is 12.1. The Kier molecular flexibility index (Phi) is 9.22. The number of phenolic OH excluding ortho intramolecular Hbond substituents is 1. The number of aromatic hydroxyl groups is 1. The second-order valence-electron chi connectivity index (χ2n) is 10.1. The number of hydrogen-bond acceptors (Lipinski definition) is 5. The smallest absolute Gasteiger partial charge is 0.158 e. The summed E-state index contributed by atoms with van der Waals surface area (Å²) in [4.78, 5) is 13.9. The van der Waals surface area contributed by atoms with Crippen LogP contribution in [0.25, 0.3) is 16.7 Å². The molecule has 184 valence electrons. The molecule has 0 saturated heterocycles. The zero-order valence-electron chi connectivity index (χ0n) is 21.1. The summed E-state index contributed by atoms with van der Waals surface area (Å²) in [5.74, 6) is 0.269. The van der Waals surface area contributed by atoms with E-state index in [1.54, 1.807) is 0 Å². The highest BCUT2D eigenvalue weighted by atomic mass is 16.5. The van der Waals surface area contributed by atoms with Crippen LogP contribution in [0.2, 0.25) is 0 Å². The third-order valence-corrected chi connectivity index (χ3v) is 6.06. The van der Waals surface area contributed by atoms with E-state index in [1.807, 2.05) is 36.4 Å². The molecule has 0 aliphatic rings. The van der Waals surface area contributed by atoms with Gasteiger partial charge in [-0.25, -0.2) is 0 Å². The lowest BCUT2D eigenvalue weighted by Gasteiger charge is -2.23. The number of rotatable bonds is 13. The molecule has 1 N–H and O–H groups in total. The molecule has 0 saturated carbocycles. The number of ether oxygens (including phenoxy) is 1. The number of ketones is 1. The van der Waals surface area contributed by atoms with Crippen LogP contribution in [0.5, 0.6) is 5.75 Å². The van der Waals surface area contributed by atoms with Crippen molar-refractivity contribution in [2.45, 2.75) is 84.5 Å². The Morgan fingerprint density at radius 2 is 1.65 bits per heavy atom. The van der Waals surface area contributed by atoms with Crippen LogP contribution in [0.15, 0.2) is 36.4 Å². The van der Waals surface area contributed by atoms with E-state index in [0.717, 1.165) is 35.0 Å². The minimum absolute atomic E-state index is 0.0980. The van der Waals surface area contributed by atoms with Gasteiger partial charge in [-0.1, -0.05) is 78.0 Å². The Balaban J connectivity index is 1.64. The summed E-state index contributed by atoms with van der Waals surface area (Å²) in [6.45, 7) is 9.21. The van der Waals surface area contributed by atoms with Gasteiger partial charge in [0.2, 0.25) is 0 Å². The molecule has 6 nitrogen and oxygen atoms in total. The number of phenols is 1. The molecule has 0 unspecified atom stereocenters. The van der Waals surface area contributed by atoms with Crippen LogP contribution in [0, 0.1) is 0 Å². The van der Waals surface area contributed by atoms with Crippen LogP contribution in [0.4, 0.5) is 0 Å². The summed E-state index contributed by atoms with van der Waals surface area (Å²) in [7, 11) is 0. The van der Waals surface area contributed by atoms with Crippen LogP contribution in [-0.2, 0) is 21.4 Å². The van der Waals surface area contributed by atoms with E-state index in [1.165, 1.54) is 30.5 Å². The van der Waals surface area contributed by atoms with Gasteiger partial charge >= 0.3 is 0 Å². The molecule has 34 heavy (non-hydrogen) atoms. The van der Waals surface area contributed by atoms with Gasteiger partial charge in [0.15, 0.2) is 5.78 Å². The summed E-state index contributed by atoms with van der Waals surface area (Å²) >= 11 is 0. The average Bonchev–Trinajstić information content (AvgIpc) is 3.23. The number of aromatic nitrogens is 3. The van der Waals surface area contributed by atoms with E-state index in [-0.39, 0.29) is 23.6 Å². The maximum absolute atomic E-state index is 12.4. The standard InChI is InChI=1S/C28H39N3O3/c1-5-6-7-8-9-12-17-34-20-22(32)16-15-21-18-23(28(2,3)4)27(33)26(19-21)31-29-24-13-10-11-14-25(24)30-31/h10-11,13-14,18-19,33H,5-9,12,15-17,20H2,1-4H3. The topological polar surface area (TPSA) is 77.2 Å². The molecule has 3 aromatic rings. The van der Waals surface area contributed by atoms with Crippen molar-refractivity contribution in [1.82, 2.24) is 15.0 Å². The monoisotopic (exact) mass is 465 g/mol. The first-order valence-corrected chi connectivity index (χ1v) is 12.6. The molecule has 2 aromatic carbocycles. The summed E-state index contributed by atoms with van der Waals surface area (Å²) in [5, 5.41) is 20.1. The number of carbonyl (C=O) groups is 1. The number of Topliss-reactive ketones (excluding diaryl/α,β-unsaturated/α-hetero) is 1. The number of nitrogens with zero attached hydrogens (tertiary/aromatic N) is 3. The fourth-order valence-corrected chi connectivity index (χ4v) is 4.04. The SMILES string of the molecule is CCCCCCCCOCC(=O)CCc1cc(-n2nc3ccccc3n2)c(O)c(C(C)(C)C)c1. The van der Waals surface area contributed by atoms with Crippen molar-refractivity contribution in [3.05, 3.63) is 47.5 Å². The van der Waals surface area contributed by atoms with Crippen LogP contribution in [0.3, 0.4) is 0 Å². The highest BCUT2D eigenvalue weighted by Crippen LogP contribution is 2.36. The van der Waals surface area contributed by atoms with Crippen LogP contribution < -0.4 is 0 Å². The van der Waals surface area contributed by atoms with Crippen molar-refractivity contribution >= 4 is 16.8 Å². The Hall–Kier alpha value is -2.73. The van der Waals surface area contributed by atoms with E-state index in [4.69, 9.17) is 4.74 Å². The predicted octanol–water partition coefficient (Wildman–Crippen LogP) is 6.30. The Morgan fingerprint density at radius 1 is 1.00 bits per heavy atom. The first-order chi connectivity index (χ1) is 16.3. The quantitative estimate of drug-likeness (QED) is 0.300. The Labute approximate surface area is 203 Å². The van der Waals surface area contributed by atoms with Crippen molar-refractivity contribution in [1.29, 1.82) is 0 Å². The molecule has 0 amide bonds. The Bertz CT molecular complexity index is 1050. The summed E-state index contributed by atoms with van der Waals surface area (Å²) in [5.41, 5.74) is 3.58. The third kappa shape index (κ3) is 7.13. The van der Waals surface area contributed by atoms with Gasteiger partial charge in [-0.15, -0.1) is 15.0 Å².